The second-order valence-electron chi connectivity index (χ2n) is 7.88. The molecule has 1 amide bonds. The highest BCUT2D eigenvalue weighted by molar-refractivity contribution is 7.92. The molecule has 0 radical (unpaired) electrons. The van der Waals surface area contributed by atoms with Crippen LogP contribution in [-0.2, 0) is 10.0 Å². The number of methoxy groups -OCH3 is 1. The van der Waals surface area contributed by atoms with Gasteiger partial charge in [0.25, 0.3) is 15.9 Å². The van der Waals surface area contributed by atoms with Gasteiger partial charge in [-0.05, 0) is 79.9 Å². The summed E-state index contributed by atoms with van der Waals surface area (Å²) >= 11 is 0. The first kappa shape index (κ1) is 22.7. The van der Waals surface area contributed by atoms with E-state index >= 15 is 0 Å². The molecule has 0 saturated carbocycles. The number of hydrogen-bond acceptors (Lipinski definition) is 5. The number of para-hydroxylation sites is 2. The predicted molar refractivity (Wildman–Crippen MR) is 131 cm³/mol. The molecule has 3 aromatic rings. The second-order valence-corrected chi connectivity index (χ2v) is 9.56. The minimum absolute atomic E-state index is 0.0517. The Morgan fingerprint density at radius 3 is 2.21 bits per heavy atom. The Morgan fingerprint density at radius 2 is 1.55 bits per heavy atom. The van der Waals surface area contributed by atoms with E-state index in [4.69, 9.17) is 4.74 Å². The number of piperidine rings is 1. The highest BCUT2D eigenvalue weighted by Gasteiger charge is 2.17. The van der Waals surface area contributed by atoms with Crippen molar-refractivity contribution < 1.29 is 17.9 Å². The molecule has 1 heterocycles. The number of carbonyl (C=O) groups excluding carboxylic acids is 1. The third-order valence-electron chi connectivity index (χ3n) is 5.62. The number of rotatable bonds is 7. The molecule has 1 aliphatic rings. The number of sulfonamides is 1. The molecular weight excluding hydrogens is 438 g/mol. The van der Waals surface area contributed by atoms with Crippen molar-refractivity contribution >= 4 is 33.0 Å². The van der Waals surface area contributed by atoms with Crippen molar-refractivity contribution in [3.05, 3.63) is 78.4 Å². The number of amides is 1. The molecular formula is C25H27N3O4S. The van der Waals surface area contributed by atoms with Crippen LogP contribution < -0.4 is 19.7 Å². The number of anilines is 3. The van der Waals surface area contributed by atoms with Crippen LogP contribution in [0, 0.1) is 0 Å². The van der Waals surface area contributed by atoms with Crippen LogP contribution in [0.2, 0.25) is 0 Å². The number of ether oxygens (including phenoxy) is 1. The van der Waals surface area contributed by atoms with E-state index in [1.165, 1.54) is 50.6 Å². The topological polar surface area (TPSA) is 87.7 Å². The van der Waals surface area contributed by atoms with E-state index in [-0.39, 0.29) is 10.8 Å². The van der Waals surface area contributed by atoms with Gasteiger partial charge in [0.1, 0.15) is 5.75 Å². The lowest BCUT2D eigenvalue weighted by Crippen LogP contribution is -2.29. The molecule has 2 N–H and O–H groups in total. The standard InChI is InChI=1S/C25H27N3O4S/c1-32-24-8-4-3-7-23(24)27-33(30,31)22-15-9-19(10-16-22)25(29)26-20-11-13-21(14-12-20)28-17-5-2-6-18-28/h3-4,7-16,27H,2,5-6,17-18H2,1H3,(H,26,29). The maximum Gasteiger partial charge on any atom is 0.262 e. The van der Waals surface area contributed by atoms with Crippen LogP contribution in [0.25, 0.3) is 0 Å². The number of hydrogen-bond donors (Lipinski definition) is 2. The highest BCUT2D eigenvalue weighted by atomic mass is 32.2. The van der Waals surface area contributed by atoms with E-state index < -0.39 is 10.0 Å². The van der Waals surface area contributed by atoms with Crippen LogP contribution in [-0.4, -0.2) is 34.5 Å². The highest BCUT2D eigenvalue weighted by Crippen LogP contribution is 2.26. The molecule has 0 bridgehead atoms. The molecule has 33 heavy (non-hydrogen) atoms. The predicted octanol–water partition coefficient (Wildman–Crippen LogP) is 4.74. The monoisotopic (exact) mass is 465 g/mol. The minimum Gasteiger partial charge on any atom is -0.495 e. The maximum absolute atomic E-state index is 12.7. The summed E-state index contributed by atoms with van der Waals surface area (Å²) in [6.45, 7) is 2.12. The van der Waals surface area contributed by atoms with Gasteiger partial charge in [0.15, 0.2) is 0 Å². The van der Waals surface area contributed by atoms with E-state index in [0.29, 0.717) is 22.7 Å². The largest absolute Gasteiger partial charge is 0.495 e. The molecule has 0 aliphatic carbocycles. The molecule has 1 saturated heterocycles. The van der Waals surface area contributed by atoms with Crippen molar-refractivity contribution in [1.29, 1.82) is 0 Å². The summed E-state index contributed by atoms with van der Waals surface area (Å²) in [5.41, 5.74) is 2.56. The molecule has 1 aliphatic heterocycles. The summed E-state index contributed by atoms with van der Waals surface area (Å²) in [6, 6.07) is 20.4. The van der Waals surface area contributed by atoms with Crippen LogP contribution in [0.4, 0.5) is 17.1 Å². The fourth-order valence-electron chi connectivity index (χ4n) is 3.83. The number of nitrogens with one attached hydrogen (secondary N) is 2. The molecule has 0 spiro atoms. The Bertz CT molecular complexity index is 1200. The molecule has 0 aromatic heterocycles. The van der Waals surface area contributed by atoms with Gasteiger partial charge in [-0.1, -0.05) is 12.1 Å². The Hall–Kier alpha value is -3.52. The minimum atomic E-state index is -3.83. The van der Waals surface area contributed by atoms with Crippen LogP contribution in [0.5, 0.6) is 5.75 Å². The molecule has 4 rings (SSSR count). The fourth-order valence-corrected chi connectivity index (χ4v) is 4.90. The van der Waals surface area contributed by atoms with E-state index in [9.17, 15) is 13.2 Å². The summed E-state index contributed by atoms with van der Waals surface area (Å²) < 4.78 is 33.2. The Balaban J connectivity index is 1.41. The van der Waals surface area contributed by atoms with Crippen LogP contribution in [0.15, 0.2) is 77.7 Å². The fraction of sp³-hybridized carbons (Fsp3) is 0.240. The van der Waals surface area contributed by atoms with E-state index in [1.54, 1.807) is 24.3 Å². The first-order chi connectivity index (χ1) is 16.0. The Labute approximate surface area is 194 Å². The zero-order valence-electron chi connectivity index (χ0n) is 18.5. The lowest BCUT2D eigenvalue weighted by Gasteiger charge is -2.28. The third kappa shape index (κ3) is 5.46. The molecule has 1 fully saturated rings. The first-order valence-corrected chi connectivity index (χ1v) is 12.4. The average Bonchev–Trinajstić information content (AvgIpc) is 2.85. The van der Waals surface area contributed by atoms with Gasteiger partial charge in [-0.25, -0.2) is 8.42 Å². The summed E-state index contributed by atoms with van der Waals surface area (Å²) in [5.74, 6) is 0.116. The zero-order chi connectivity index (χ0) is 23.3. The maximum atomic E-state index is 12.7. The molecule has 3 aromatic carbocycles. The summed E-state index contributed by atoms with van der Waals surface area (Å²) in [5, 5.41) is 2.86. The Kier molecular flexibility index (Phi) is 6.84. The van der Waals surface area contributed by atoms with Crippen molar-refractivity contribution in [2.45, 2.75) is 24.2 Å². The SMILES string of the molecule is COc1ccccc1NS(=O)(=O)c1ccc(C(=O)Nc2ccc(N3CCCCC3)cc2)cc1. The smallest absolute Gasteiger partial charge is 0.262 e. The quantitative estimate of drug-likeness (QED) is 0.526. The van der Waals surface area contributed by atoms with Gasteiger partial charge in [-0.2, -0.15) is 0 Å². The second kappa shape index (κ2) is 9.95. The Morgan fingerprint density at radius 1 is 0.879 bits per heavy atom. The van der Waals surface area contributed by atoms with Gasteiger partial charge in [-0.15, -0.1) is 0 Å². The van der Waals surface area contributed by atoms with Gasteiger partial charge in [0, 0.05) is 30.0 Å². The molecule has 8 heteroatoms. The van der Waals surface area contributed by atoms with Crippen LogP contribution in [0.3, 0.4) is 0 Å². The number of benzene rings is 3. The van der Waals surface area contributed by atoms with E-state index in [1.807, 2.05) is 24.3 Å². The van der Waals surface area contributed by atoms with E-state index in [2.05, 4.69) is 14.9 Å². The van der Waals surface area contributed by atoms with E-state index in [0.717, 1.165) is 18.8 Å². The van der Waals surface area contributed by atoms with Crippen molar-refractivity contribution in [2.75, 3.05) is 35.1 Å². The number of carbonyl (C=O) groups is 1. The van der Waals surface area contributed by atoms with Gasteiger partial charge in [-0.3, -0.25) is 9.52 Å². The summed E-state index contributed by atoms with van der Waals surface area (Å²) in [4.78, 5) is 15.0. The molecule has 7 nitrogen and oxygen atoms in total. The van der Waals surface area contributed by atoms with Crippen molar-refractivity contribution in [3.63, 3.8) is 0 Å². The lowest BCUT2D eigenvalue weighted by atomic mass is 10.1. The molecule has 0 atom stereocenters. The van der Waals surface area contributed by atoms with Crippen molar-refractivity contribution in [3.8, 4) is 5.75 Å². The molecule has 0 unspecified atom stereocenters. The summed E-state index contributed by atoms with van der Waals surface area (Å²) in [6.07, 6.45) is 3.69. The van der Waals surface area contributed by atoms with Crippen molar-refractivity contribution in [2.24, 2.45) is 0 Å². The molecule has 172 valence electrons. The normalized spacial score (nSPS) is 13.9. The number of nitrogens with zero attached hydrogens (tertiary/aromatic N) is 1. The van der Waals surface area contributed by atoms with Crippen molar-refractivity contribution in [1.82, 2.24) is 0 Å². The van der Waals surface area contributed by atoms with Gasteiger partial charge < -0.3 is 15.0 Å². The average molecular weight is 466 g/mol. The van der Waals surface area contributed by atoms with Gasteiger partial charge in [0.05, 0.1) is 17.7 Å². The van der Waals surface area contributed by atoms with Crippen LogP contribution >= 0.6 is 0 Å². The lowest BCUT2D eigenvalue weighted by molar-refractivity contribution is 0.102. The summed E-state index contributed by atoms with van der Waals surface area (Å²) in [7, 11) is -2.36. The van der Waals surface area contributed by atoms with Crippen LogP contribution in [0.1, 0.15) is 29.6 Å². The third-order valence-corrected chi connectivity index (χ3v) is 7.01. The van der Waals surface area contributed by atoms with Gasteiger partial charge >= 0.3 is 0 Å². The van der Waals surface area contributed by atoms with Gasteiger partial charge in [0.2, 0.25) is 0 Å². The zero-order valence-corrected chi connectivity index (χ0v) is 19.3. The first-order valence-electron chi connectivity index (χ1n) is 10.9.